The molecule has 4 rings (SSSR count). The Bertz CT molecular complexity index is 1270. The summed E-state index contributed by atoms with van der Waals surface area (Å²) in [5.74, 6) is 0.436. The van der Waals surface area contributed by atoms with Gasteiger partial charge in [-0.2, -0.15) is 5.10 Å². The van der Waals surface area contributed by atoms with Gasteiger partial charge < -0.3 is 4.74 Å². The van der Waals surface area contributed by atoms with E-state index in [9.17, 15) is 4.79 Å². The molecule has 0 saturated heterocycles. The van der Waals surface area contributed by atoms with E-state index in [1.165, 1.54) is 0 Å². The first-order valence-corrected chi connectivity index (χ1v) is 10.2. The summed E-state index contributed by atoms with van der Waals surface area (Å²) in [6.45, 7) is 2.51. The molecular formula is C25H20ClN3O2. The highest BCUT2D eigenvalue weighted by Crippen LogP contribution is 2.27. The maximum Gasteiger partial charge on any atom is 0.272 e. The van der Waals surface area contributed by atoms with E-state index in [0.29, 0.717) is 22.9 Å². The maximum atomic E-state index is 13.0. The highest BCUT2D eigenvalue weighted by molar-refractivity contribution is 6.30. The van der Waals surface area contributed by atoms with Gasteiger partial charge in [0.2, 0.25) is 0 Å². The van der Waals surface area contributed by atoms with Crippen molar-refractivity contribution in [2.24, 2.45) is 5.10 Å². The number of hydrazone groups is 1. The van der Waals surface area contributed by atoms with E-state index in [2.05, 4.69) is 10.5 Å². The summed E-state index contributed by atoms with van der Waals surface area (Å²) in [6.07, 6.45) is 1.56. The first-order valence-electron chi connectivity index (χ1n) is 9.86. The zero-order valence-corrected chi connectivity index (χ0v) is 17.6. The first kappa shape index (κ1) is 20.6. The lowest BCUT2D eigenvalue weighted by Crippen LogP contribution is -2.18. The van der Waals surface area contributed by atoms with Crippen LogP contribution in [-0.4, -0.2) is 23.7 Å². The number of aromatic nitrogens is 1. The predicted octanol–water partition coefficient (Wildman–Crippen LogP) is 5.72. The summed E-state index contributed by atoms with van der Waals surface area (Å²) >= 11 is 5.99. The fourth-order valence-electron chi connectivity index (χ4n) is 3.24. The van der Waals surface area contributed by atoms with Crippen LogP contribution >= 0.6 is 11.6 Å². The van der Waals surface area contributed by atoms with Gasteiger partial charge in [0.1, 0.15) is 5.75 Å². The molecule has 5 nitrogen and oxygen atoms in total. The van der Waals surface area contributed by atoms with Crippen molar-refractivity contribution < 1.29 is 9.53 Å². The van der Waals surface area contributed by atoms with Crippen molar-refractivity contribution in [3.63, 3.8) is 0 Å². The number of hydrogen-bond donors (Lipinski definition) is 1. The summed E-state index contributed by atoms with van der Waals surface area (Å²) in [7, 11) is 0. The minimum Gasteiger partial charge on any atom is -0.494 e. The lowest BCUT2D eigenvalue weighted by atomic mass is 10.0. The van der Waals surface area contributed by atoms with Gasteiger partial charge in [0, 0.05) is 16.0 Å². The second kappa shape index (κ2) is 9.41. The smallest absolute Gasteiger partial charge is 0.272 e. The number of halogens is 1. The van der Waals surface area contributed by atoms with E-state index < -0.39 is 0 Å². The van der Waals surface area contributed by atoms with Gasteiger partial charge >= 0.3 is 0 Å². The summed E-state index contributed by atoms with van der Waals surface area (Å²) < 4.78 is 5.60. The number of carbonyl (C=O) groups is 1. The lowest BCUT2D eigenvalue weighted by molar-refractivity contribution is 0.0956. The topological polar surface area (TPSA) is 63.6 Å². The van der Waals surface area contributed by atoms with Crippen LogP contribution in [0.25, 0.3) is 22.2 Å². The molecule has 6 heteroatoms. The average molecular weight is 430 g/mol. The third kappa shape index (κ3) is 4.90. The van der Waals surface area contributed by atoms with E-state index in [0.717, 1.165) is 27.8 Å². The number of ether oxygens (including phenoxy) is 1. The molecule has 1 aromatic heterocycles. The fraction of sp³-hybridized carbons (Fsp3) is 0.0800. The van der Waals surface area contributed by atoms with Gasteiger partial charge in [-0.05, 0) is 48.9 Å². The highest BCUT2D eigenvalue weighted by Gasteiger charge is 2.14. The van der Waals surface area contributed by atoms with Crippen molar-refractivity contribution in [2.75, 3.05) is 6.61 Å². The van der Waals surface area contributed by atoms with Crippen LogP contribution in [0.15, 0.2) is 84.0 Å². The van der Waals surface area contributed by atoms with Crippen LogP contribution < -0.4 is 10.2 Å². The maximum absolute atomic E-state index is 13.0. The molecule has 0 aliphatic heterocycles. The SMILES string of the molecule is CCOc1cccc(-c2cc(C(=O)N/N=C/c3cccc(Cl)c3)c3ccccc3n2)c1. The summed E-state index contributed by atoms with van der Waals surface area (Å²) in [6, 6.07) is 24.2. The molecule has 3 aromatic carbocycles. The van der Waals surface area contributed by atoms with Crippen molar-refractivity contribution in [3.05, 3.63) is 95.0 Å². The molecule has 0 saturated carbocycles. The molecule has 1 heterocycles. The molecule has 154 valence electrons. The van der Waals surface area contributed by atoms with Crippen LogP contribution in [0, 0.1) is 0 Å². The number of carbonyl (C=O) groups excluding carboxylic acids is 1. The fourth-order valence-corrected chi connectivity index (χ4v) is 3.43. The van der Waals surface area contributed by atoms with Crippen LogP contribution in [0.2, 0.25) is 5.02 Å². The van der Waals surface area contributed by atoms with Gasteiger partial charge in [-0.15, -0.1) is 0 Å². The lowest BCUT2D eigenvalue weighted by Gasteiger charge is -2.10. The molecule has 0 spiro atoms. The number of pyridine rings is 1. The number of nitrogens with one attached hydrogen (secondary N) is 1. The molecular weight excluding hydrogens is 410 g/mol. The Hall–Kier alpha value is -3.70. The minimum atomic E-state index is -0.320. The highest BCUT2D eigenvalue weighted by atomic mass is 35.5. The second-order valence-electron chi connectivity index (χ2n) is 6.79. The van der Waals surface area contributed by atoms with Crippen molar-refractivity contribution in [2.45, 2.75) is 6.92 Å². The Morgan fingerprint density at radius 3 is 2.74 bits per heavy atom. The Balaban J connectivity index is 1.68. The Morgan fingerprint density at radius 1 is 1.06 bits per heavy atom. The van der Waals surface area contributed by atoms with Crippen LogP contribution in [0.1, 0.15) is 22.8 Å². The third-order valence-corrected chi connectivity index (χ3v) is 4.87. The molecule has 0 aliphatic carbocycles. The van der Waals surface area contributed by atoms with Gasteiger partial charge in [-0.25, -0.2) is 10.4 Å². The quantitative estimate of drug-likeness (QED) is 0.315. The van der Waals surface area contributed by atoms with Gasteiger partial charge in [0.15, 0.2) is 0 Å². The Kier molecular flexibility index (Phi) is 6.24. The molecule has 0 radical (unpaired) electrons. The van der Waals surface area contributed by atoms with Crippen molar-refractivity contribution >= 4 is 34.6 Å². The molecule has 0 fully saturated rings. The third-order valence-electron chi connectivity index (χ3n) is 4.63. The summed E-state index contributed by atoms with van der Waals surface area (Å²) in [5.41, 5.74) is 6.17. The Morgan fingerprint density at radius 2 is 1.90 bits per heavy atom. The average Bonchev–Trinajstić information content (AvgIpc) is 2.79. The molecule has 4 aromatic rings. The Labute approximate surface area is 185 Å². The van der Waals surface area contributed by atoms with E-state index in [1.54, 1.807) is 24.4 Å². The molecule has 1 N–H and O–H groups in total. The minimum absolute atomic E-state index is 0.320. The molecule has 0 bridgehead atoms. The van der Waals surface area contributed by atoms with Crippen LogP contribution in [0.4, 0.5) is 0 Å². The van der Waals surface area contributed by atoms with Gasteiger partial charge in [-0.1, -0.05) is 54.1 Å². The number of amides is 1. The standard InChI is InChI=1S/C25H20ClN3O2/c1-2-31-20-10-6-8-18(14-20)24-15-22(21-11-3-4-12-23(21)28-24)25(30)29-27-16-17-7-5-9-19(26)13-17/h3-16H,2H2,1H3,(H,29,30)/b27-16+. The number of fused-ring (bicyclic) bond motifs is 1. The first-order chi connectivity index (χ1) is 15.1. The van der Waals surface area contributed by atoms with Crippen LogP contribution in [0.3, 0.4) is 0 Å². The predicted molar refractivity (Wildman–Crippen MR) is 125 cm³/mol. The number of para-hydroxylation sites is 1. The van der Waals surface area contributed by atoms with Crippen molar-refractivity contribution in [1.29, 1.82) is 0 Å². The van der Waals surface area contributed by atoms with E-state index in [4.69, 9.17) is 21.3 Å². The summed E-state index contributed by atoms with van der Waals surface area (Å²) in [5, 5.41) is 5.44. The molecule has 0 aliphatic rings. The monoisotopic (exact) mass is 429 g/mol. The van der Waals surface area contributed by atoms with Gasteiger partial charge in [0.05, 0.1) is 29.6 Å². The van der Waals surface area contributed by atoms with Crippen LogP contribution in [0.5, 0.6) is 5.75 Å². The van der Waals surface area contributed by atoms with E-state index >= 15 is 0 Å². The summed E-state index contributed by atoms with van der Waals surface area (Å²) in [4.78, 5) is 17.7. The number of nitrogens with zero attached hydrogens (tertiary/aromatic N) is 2. The number of rotatable bonds is 6. The number of hydrogen-bond acceptors (Lipinski definition) is 4. The normalized spacial score (nSPS) is 11.0. The van der Waals surface area contributed by atoms with Gasteiger partial charge in [-0.3, -0.25) is 4.79 Å². The zero-order chi connectivity index (χ0) is 21.6. The molecule has 0 unspecified atom stereocenters. The second-order valence-corrected chi connectivity index (χ2v) is 7.22. The van der Waals surface area contributed by atoms with Crippen LogP contribution in [-0.2, 0) is 0 Å². The van der Waals surface area contributed by atoms with Crippen molar-refractivity contribution in [3.8, 4) is 17.0 Å². The van der Waals surface area contributed by atoms with E-state index in [-0.39, 0.29) is 5.91 Å². The zero-order valence-electron chi connectivity index (χ0n) is 16.9. The van der Waals surface area contributed by atoms with E-state index in [1.807, 2.05) is 67.6 Å². The van der Waals surface area contributed by atoms with Gasteiger partial charge in [0.25, 0.3) is 5.91 Å². The number of benzene rings is 3. The molecule has 0 atom stereocenters. The largest absolute Gasteiger partial charge is 0.494 e. The molecule has 1 amide bonds. The molecule has 31 heavy (non-hydrogen) atoms. The van der Waals surface area contributed by atoms with Crippen molar-refractivity contribution in [1.82, 2.24) is 10.4 Å².